The number of aromatic nitrogens is 5. The number of hydrogen-bond donors (Lipinski definition) is 0. The summed E-state index contributed by atoms with van der Waals surface area (Å²) in [4.78, 5) is 5.68. The minimum Gasteiger partial charge on any atom is -0.454 e. The molecule has 7 rings (SSSR count). The third kappa shape index (κ3) is 3.99. The molecule has 0 N–H and O–H groups in total. The summed E-state index contributed by atoms with van der Waals surface area (Å²) < 4.78 is 8.11. The zero-order valence-corrected chi connectivity index (χ0v) is 20.8. The van der Waals surface area contributed by atoms with Gasteiger partial charge in [-0.15, -0.1) is 10.2 Å². The van der Waals surface area contributed by atoms with Crippen LogP contribution in [0.15, 0.2) is 101 Å². The Hall–Kier alpha value is -4.62. The summed E-state index contributed by atoms with van der Waals surface area (Å²) in [6, 6.07) is 32.7. The maximum atomic E-state index is 6.26. The van der Waals surface area contributed by atoms with Gasteiger partial charge in [0.1, 0.15) is 16.5 Å². The zero-order valence-electron chi connectivity index (χ0n) is 20.0. The van der Waals surface area contributed by atoms with Crippen molar-refractivity contribution >= 4 is 27.2 Å². The van der Waals surface area contributed by atoms with Crippen molar-refractivity contribution in [3.63, 3.8) is 0 Å². The van der Waals surface area contributed by atoms with Gasteiger partial charge in [0.05, 0.1) is 5.52 Å². The molecule has 178 valence electrons. The Morgan fingerprint density at radius 1 is 0.811 bits per heavy atom. The van der Waals surface area contributed by atoms with Gasteiger partial charge in [0.25, 0.3) is 0 Å². The van der Waals surface area contributed by atoms with Crippen molar-refractivity contribution in [1.82, 2.24) is 24.8 Å². The number of nitrogens with zero attached hydrogens (tertiary/aromatic N) is 5. The number of rotatable bonds is 5. The van der Waals surface area contributed by atoms with E-state index in [4.69, 9.17) is 14.5 Å². The molecular weight excluding hydrogens is 478 g/mol. The molecule has 0 saturated heterocycles. The lowest BCUT2D eigenvalue weighted by Crippen LogP contribution is -1.98. The molecule has 0 aliphatic carbocycles. The van der Waals surface area contributed by atoms with E-state index in [-0.39, 0.29) is 0 Å². The van der Waals surface area contributed by atoms with Crippen LogP contribution >= 0.6 is 11.3 Å². The van der Waals surface area contributed by atoms with Crippen LogP contribution in [0.5, 0.6) is 0 Å². The number of pyridine rings is 1. The second kappa shape index (κ2) is 8.80. The molecule has 4 aromatic heterocycles. The zero-order chi connectivity index (χ0) is 24.8. The fourth-order valence-corrected chi connectivity index (χ4v) is 5.37. The lowest BCUT2D eigenvalue weighted by molar-refractivity contribution is 0.595. The molecule has 0 aliphatic heterocycles. The van der Waals surface area contributed by atoms with Gasteiger partial charge in [0.2, 0.25) is 4.96 Å². The van der Waals surface area contributed by atoms with E-state index in [9.17, 15) is 0 Å². The topological polar surface area (TPSA) is 69.1 Å². The number of hydrogen-bond acceptors (Lipinski definition) is 6. The SMILES string of the molecule is Cc1ccc(-c2ccc(-c3cc(-c4nn5c(Cc6ccccc6)nnc5s4)c4ccccc4n3)o2)cc1. The van der Waals surface area contributed by atoms with E-state index < -0.39 is 0 Å². The summed E-state index contributed by atoms with van der Waals surface area (Å²) in [5.41, 5.74) is 6.08. The van der Waals surface area contributed by atoms with Gasteiger partial charge in [-0.2, -0.15) is 9.61 Å². The molecule has 0 fully saturated rings. The van der Waals surface area contributed by atoms with Crippen molar-refractivity contribution in [1.29, 1.82) is 0 Å². The first kappa shape index (κ1) is 21.6. The highest BCUT2D eigenvalue weighted by atomic mass is 32.1. The normalized spacial score (nSPS) is 11.5. The van der Waals surface area contributed by atoms with Crippen molar-refractivity contribution in [3.8, 4) is 33.3 Å². The first-order valence-corrected chi connectivity index (χ1v) is 12.9. The second-order valence-electron chi connectivity index (χ2n) is 8.98. The average molecular weight is 500 g/mol. The molecule has 0 aliphatic rings. The highest BCUT2D eigenvalue weighted by molar-refractivity contribution is 7.19. The van der Waals surface area contributed by atoms with Crippen LogP contribution < -0.4 is 0 Å². The molecule has 0 unspecified atom stereocenters. The first-order valence-electron chi connectivity index (χ1n) is 12.0. The summed E-state index contributed by atoms with van der Waals surface area (Å²) in [5.74, 6) is 2.35. The third-order valence-corrected chi connectivity index (χ3v) is 7.33. The van der Waals surface area contributed by atoms with Crippen LogP contribution in [0.25, 0.3) is 49.2 Å². The summed E-state index contributed by atoms with van der Waals surface area (Å²) in [6.45, 7) is 2.08. The van der Waals surface area contributed by atoms with Crippen LogP contribution in [0.1, 0.15) is 17.0 Å². The van der Waals surface area contributed by atoms with Crippen molar-refractivity contribution in [2.45, 2.75) is 13.3 Å². The van der Waals surface area contributed by atoms with Crippen LogP contribution in [0.3, 0.4) is 0 Å². The molecule has 6 nitrogen and oxygen atoms in total. The number of benzene rings is 3. The summed E-state index contributed by atoms with van der Waals surface area (Å²) in [5, 5.41) is 15.6. The van der Waals surface area contributed by atoms with E-state index in [0.717, 1.165) is 55.0 Å². The Kier molecular flexibility index (Phi) is 5.15. The van der Waals surface area contributed by atoms with Crippen LogP contribution in [0.2, 0.25) is 0 Å². The average Bonchev–Trinajstić information content (AvgIpc) is 3.67. The fourth-order valence-electron chi connectivity index (χ4n) is 4.48. The molecule has 0 spiro atoms. The molecule has 0 radical (unpaired) electrons. The van der Waals surface area contributed by atoms with E-state index in [1.54, 1.807) is 0 Å². The second-order valence-corrected chi connectivity index (χ2v) is 9.94. The van der Waals surface area contributed by atoms with Gasteiger partial charge in [0.15, 0.2) is 11.6 Å². The van der Waals surface area contributed by atoms with Gasteiger partial charge >= 0.3 is 0 Å². The van der Waals surface area contributed by atoms with Crippen LogP contribution in [-0.2, 0) is 6.42 Å². The van der Waals surface area contributed by atoms with Gasteiger partial charge in [-0.25, -0.2) is 4.98 Å². The Labute approximate surface area is 216 Å². The van der Waals surface area contributed by atoms with Gasteiger partial charge in [-0.1, -0.05) is 89.7 Å². The largest absolute Gasteiger partial charge is 0.454 e. The van der Waals surface area contributed by atoms with Crippen LogP contribution in [0, 0.1) is 6.92 Å². The van der Waals surface area contributed by atoms with Gasteiger partial charge in [-0.05, 0) is 36.8 Å². The Balaban J connectivity index is 1.32. The molecular formula is C30H21N5OS. The quantitative estimate of drug-likeness (QED) is 0.250. The van der Waals surface area contributed by atoms with Crippen molar-refractivity contribution in [2.75, 3.05) is 0 Å². The predicted molar refractivity (Wildman–Crippen MR) is 147 cm³/mol. The van der Waals surface area contributed by atoms with E-state index >= 15 is 0 Å². The van der Waals surface area contributed by atoms with Crippen molar-refractivity contribution in [3.05, 3.63) is 114 Å². The fraction of sp³-hybridized carbons (Fsp3) is 0.0667. The molecule has 0 amide bonds. The Morgan fingerprint density at radius 2 is 1.59 bits per heavy atom. The number of aryl methyl sites for hydroxylation is 1. The summed E-state index contributed by atoms with van der Waals surface area (Å²) >= 11 is 1.52. The summed E-state index contributed by atoms with van der Waals surface area (Å²) in [6.07, 6.45) is 0.668. The maximum absolute atomic E-state index is 6.26. The highest BCUT2D eigenvalue weighted by Crippen LogP contribution is 2.36. The standard InChI is InChI=1S/C30H21N5OS/c1-19-11-13-21(14-12-19)26-15-16-27(36-26)25-18-23(22-9-5-6-10-24(22)31-25)29-34-35-28(32-33-30(35)37-29)17-20-7-3-2-4-8-20/h2-16,18H,17H2,1H3. The molecule has 3 aromatic carbocycles. The number of fused-ring (bicyclic) bond motifs is 2. The molecule has 4 heterocycles. The molecule has 0 bridgehead atoms. The number of furan rings is 1. The molecule has 7 aromatic rings. The maximum Gasteiger partial charge on any atom is 0.234 e. The molecule has 0 atom stereocenters. The van der Waals surface area contributed by atoms with Gasteiger partial charge in [0, 0.05) is 22.9 Å². The molecule has 0 saturated carbocycles. The van der Waals surface area contributed by atoms with Crippen LogP contribution in [0.4, 0.5) is 0 Å². The smallest absolute Gasteiger partial charge is 0.234 e. The predicted octanol–water partition coefficient (Wildman–Crippen LogP) is 7.23. The van der Waals surface area contributed by atoms with E-state index in [1.807, 2.05) is 53.0 Å². The molecule has 37 heavy (non-hydrogen) atoms. The lowest BCUT2D eigenvalue weighted by Gasteiger charge is -2.06. The molecule has 7 heteroatoms. The highest BCUT2D eigenvalue weighted by Gasteiger charge is 2.18. The monoisotopic (exact) mass is 499 g/mol. The van der Waals surface area contributed by atoms with Crippen molar-refractivity contribution < 1.29 is 4.42 Å². The Bertz CT molecular complexity index is 1870. The van der Waals surface area contributed by atoms with E-state index in [0.29, 0.717) is 6.42 Å². The lowest BCUT2D eigenvalue weighted by atomic mass is 10.1. The number of para-hydroxylation sites is 1. The third-order valence-electron chi connectivity index (χ3n) is 6.40. The minimum absolute atomic E-state index is 0.668. The van der Waals surface area contributed by atoms with E-state index in [1.165, 1.54) is 22.5 Å². The van der Waals surface area contributed by atoms with E-state index in [2.05, 4.69) is 65.7 Å². The first-order chi connectivity index (χ1) is 18.2. The van der Waals surface area contributed by atoms with Crippen molar-refractivity contribution in [2.24, 2.45) is 0 Å². The summed E-state index contributed by atoms with van der Waals surface area (Å²) in [7, 11) is 0. The van der Waals surface area contributed by atoms with Gasteiger partial charge < -0.3 is 4.42 Å². The van der Waals surface area contributed by atoms with Gasteiger partial charge in [-0.3, -0.25) is 0 Å². The van der Waals surface area contributed by atoms with Crippen LogP contribution in [-0.4, -0.2) is 24.8 Å². The minimum atomic E-state index is 0.668. The Morgan fingerprint density at radius 3 is 2.46 bits per heavy atom.